The van der Waals surface area contributed by atoms with Crippen molar-refractivity contribution in [1.29, 1.82) is 0 Å². The first-order valence-corrected chi connectivity index (χ1v) is 8.76. The number of halogens is 1. The number of amides is 1. The molecule has 20 heavy (non-hydrogen) atoms. The van der Waals surface area contributed by atoms with Crippen LogP contribution in [-0.4, -0.2) is 49.2 Å². The van der Waals surface area contributed by atoms with Gasteiger partial charge in [0.2, 0.25) is 5.91 Å². The summed E-state index contributed by atoms with van der Waals surface area (Å²) in [7, 11) is -2.03. The van der Waals surface area contributed by atoms with E-state index in [1.165, 1.54) is 4.31 Å². The maximum Gasteiger partial charge on any atom is 0.253 e. The zero-order valence-electron chi connectivity index (χ0n) is 11.8. The quantitative estimate of drug-likeness (QED) is 0.829. The van der Waals surface area contributed by atoms with Crippen molar-refractivity contribution in [1.82, 2.24) is 9.21 Å². The summed E-state index contributed by atoms with van der Waals surface area (Å²) in [5.41, 5.74) is -0.357. The Balaban J connectivity index is 2.46. The Morgan fingerprint density at radius 1 is 1.35 bits per heavy atom. The molecule has 1 aliphatic rings. The SMILES string of the molecule is Cc1cc(S(=O)(=O)N2CCN(C)C(=O)C2(C)C)sc1Cl. The van der Waals surface area contributed by atoms with E-state index in [2.05, 4.69) is 0 Å². The number of likely N-dealkylation sites (N-methyl/N-ethyl adjacent to an activating group) is 1. The molecular formula is C12H17ClN2O3S2. The number of hydrogen-bond donors (Lipinski definition) is 0. The van der Waals surface area contributed by atoms with Crippen molar-refractivity contribution >= 4 is 38.9 Å². The minimum atomic E-state index is -3.71. The van der Waals surface area contributed by atoms with Crippen LogP contribution in [0.2, 0.25) is 4.34 Å². The van der Waals surface area contributed by atoms with E-state index in [4.69, 9.17) is 11.6 Å². The van der Waals surface area contributed by atoms with Crippen LogP contribution >= 0.6 is 22.9 Å². The van der Waals surface area contributed by atoms with E-state index in [-0.39, 0.29) is 16.7 Å². The standard InChI is InChI=1S/C12H17ClN2O3S2/c1-8-7-9(19-10(8)13)20(17,18)15-6-5-14(4)11(16)12(15,2)3/h7H,5-6H2,1-4H3. The van der Waals surface area contributed by atoms with Gasteiger partial charge in [-0.2, -0.15) is 4.31 Å². The van der Waals surface area contributed by atoms with Crippen molar-refractivity contribution in [3.05, 3.63) is 16.0 Å². The molecule has 112 valence electrons. The maximum absolute atomic E-state index is 12.7. The molecule has 0 radical (unpaired) electrons. The molecule has 2 heterocycles. The predicted molar refractivity (Wildman–Crippen MR) is 79.7 cm³/mol. The molecule has 0 bridgehead atoms. The summed E-state index contributed by atoms with van der Waals surface area (Å²) in [6.45, 7) is 5.69. The normalized spacial score (nSPS) is 20.4. The number of nitrogens with zero attached hydrogens (tertiary/aromatic N) is 2. The van der Waals surface area contributed by atoms with Gasteiger partial charge in [-0.1, -0.05) is 11.6 Å². The second kappa shape index (κ2) is 4.98. The summed E-state index contributed by atoms with van der Waals surface area (Å²) in [5, 5.41) is 0. The molecule has 1 aromatic rings. The second-order valence-electron chi connectivity index (χ2n) is 5.39. The number of aryl methyl sites for hydroxylation is 1. The largest absolute Gasteiger partial charge is 0.343 e. The molecule has 0 saturated carbocycles. The van der Waals surface area contributed by atoms with E-state index in [0.29, 0.717) is 10.9 Å². The van der Waals surface area contributed by atoms with Crippen LogP contribution in [0.4, 0.5) is 0 Å². The Kier molecular flexibility index (Phi) is 3.92. The molecular weight excluding hydrogens is 320 g/mol. The second-order valence-corrected chi connectivity index (χ2v) is 9.13. The van der Waals surface area contributed by atoms with E-state index in [9.17, 15) is 13.2 Å². The summed E-state index contributed by atoms with van der Waals surface area (Å²) >= 11 is 6.99. The fourth-order valence-electron chi connectivity index (χ4n) is 2.28. The van der Waals surface area contributed by atoms with Crippen LogP contribution in [0.25, 0.3) is 0 Å². The molecule has 0 unspecified atom stereocenters. The average Bonchev–Trinajstić information content (AvgIpc) is 2.67. The van der Waals surface area contributed by atoms with Crippen molar-refractivity contribution in [3.8, 4) is 0 Å². The third-order valence-electron chi connectivity index (χ3n) is 3.51. The molecule has 1 amide bonds. The molecule has 0 N–H and O–H groups in total. The number of hydrogen-bond acceptors (Lipinski definition) is 4. The number of carbonyl (C=O) groups is 1. The highest BCUT2D eigenvalue weighted by atomic mass is 35.5. The van der Waals surface area contributed by atoms with Gasteiger partial charge in [-0.15, -0.1) is 11.3 Å². The maximum atomic E-state index is 12.7. The topological polar surface area (TPSA) is 57.7 Å². The summed E-state index contributed by atoms with van der Waals surface area (Å²) in [4.78, 5) is 13.8. The molecule has 5 nitrogen and oxygen atoms in total. The van der Waals surface area contributed by atoms with Gasteiger partial charge < -0.3 is 4.90 Å². The Labute approximate surface area is 128 Å². The molecule has 1 saturated heterocycles. The van der Waals surface area contributed by atoms with Gasteiger partial charge in [0.15, 0.2) is 0 Å². The molecule has 0 aromatic carbocycles. The van der Waals surface area contributed by atoms with Gasteiger partial charge in [0.25, 0.3) is 10.0 Å². The Hall–Kier alpha value is -0.630. The molecule has 8 heteroatoms. The van der Waals surface area contributed by atoms with Gasteiger partial charge in [0.1, 0.15) is 9.75 Å². The average molecular weight is 337 g/mol. The van der Waals surface area contributed by atoms with Crippen molar-refractivity contribution in [2.24, 2.45) is 0 Å². The van der Waals surface area contributed by atoms with E-state index in [1.807, 2.05) is 0 Å². The van der Waals surface area contributed by atoms with Gasteiger partial charge in [0, 0.05) is 20.1 Å². The van der Waals surface area contributed by atoms with Crippen molar-refractivity contribution in [3.63, 3.8) is 0 Å². The Bertz CT molecular complexity index is 632. The minimum Gasteiger partial charge on any atom is -0.343 e. The highest BCUT2D eigenvalue weighted by Crippen LogP contribution is 2.35. The number of rotatable bonds is 2. The van der Waals surface area contributed by atoms with Gasteiger partial charge in [-0.25, -0.2) is 8.42 Å². The minimum absolute atomic E-state index is 0.186. The van der Waals surface area contributed by atoms with Gasteiger partial charge in [0.05, 0.1) is 4.34 Å². The zero-order chi connectivity index (χ0) is 15.3. The Morgan fingerprint density at radius 3 is 2.45 bits per heavy atom. The highest BCUT2D eigenvalue weighted by molar-refractivity contribution is 7.91. The van der Waals surface area contributed by atoms with E-state index < -0.39 is 15.6 Å². The van der Waals surface area contributed by atoms with E-state index in [0.717, 1.165) is 16.9 Å². The summed E-state index contributed by atoms with van der Waals surface area (Å²) in [6, 6.07) is 1.56. The summed E-state index contributed by atoms with van der Waals surface area (Å²) in [6.07, 6.45) is 0. The van der Waals surface area contributed by atoms with Crippen LogP contribution in [0.15, 0.2) is 10.3 Å². The smallest absolute Gasteiger partial charge is 0.253 e. The first-order valence-electron chi connectivity index (χ1n) is 6.13. The fourth-order valence-corrected chi connectivity index (χ4v) is 5.84. The van der Waals surface area contributed by atoms with Crippen molar-refractivity contribution < 1.29 is 13.2 Å². The Morgan fingerprint density at radius 2 is 1.95 bits per heavy atom. The van der Waals surface area contributed by atoms with E-state index >= 15 is 0 Å². The number of sulfonamides is 1. The fraction of sp³-hybridized carbons (Fsp3) is 0.583. The van der Waals surface area contributed by atoms with Gasteiger partial charge in [-0.05, 0) is 32.4 Å². The molecule has 0 spiro atoms. The number of thiophene rings is 1. The lowest BCUT2D eigenvalue weighted by Crippen LogP contribution is -2.63. The first-order chi connectivity index (χ1) is 9.08. The van der Waals surface area contributed by atoms with Crippen molar-refractivity contribution in [2.45, 2.75) is 30.5 Å². The van der Waals surface area contributed by atoms with Crippen LogP contribution in [0, 0.1) is 6.92 Å². The predicted octanol–water partition coefficient (Wildman–Crippen LogP) is 1.95. The molecule has 1 fully saturated rings. The third kappa shape index (κ3) is 2.36. The van der Waals surface area contributed by atoms with Crippen LogP contribution < -0.4 is 0 Å². The van der Waals surface area contributed by atoms with Crippen molar-refractivity contribution in [2.75, 3.05) is 20.1 Å². The lowest BCUT2D eigenvalue weighted by molar-refractivity contribution is -0.142. The van der Waals surface area contributed by atoms with E-state index in [1.54, 1.807) is 38.8 Å². The van der Waals surface area contributed by atoms with Crippen LogP contribution in [-0.2, 0) is 14.8 Å². The van der Waals surface area contributed by atoms with Crippen LogP contribution in [0.1, 0.15) is 19.4 Å². The summed E-state index contributed by atoms with van der Waals surface area (Å²) in [5.74, 6) is -0.202. The van der Waals surface area contributed by atoms with Gasteiger partial charge in [-0.3, -0.25) is 4.79 Å². The molecule has 2 rings (SSSR count). The summed E-state index contributed by atoms with van der Waals surface area (Å²) < 4.78 is 27.4. The lowest BCUT2D eigenvalue weighted by Gasteiger charge is -2.43. The first kappa shape index (κ1) is 15.8. The van der Waals surface area contributed by atoms with Crippen LogP contribution in [0.5, 0.6) is 0 Å². The third-order valence-corrected chi connectivity index (χ3v) is 7.59. The molecule has 1 aromatic heterocycles. The lowest BCUT2D eigenvalue weighted by atomic mass is 10.0. The number of piperazine rings is 1. The number of carbonyl (C=O) groups excluding carboxylic acids is 1. The van der Waals surface area contributed by atoms with Crippen LogP contribution in [0.3, 0.4) is 0 Å². The van der Waals surface area contributed by atoms with Gasteiger partial charge >= 0.3 is 0 Å². The highest BCUT2D eigenvalue weighted by Gasteiger charge is 2.47. The molecule has 0 aliphatic carbocycles. The zero-order valence-corrected chi connectivity index (χ0v) is 14.2. The molecule has 1 aliphatic heterocycles. The monoisotopic (exact) mass is 336 g/mol. The molecule has 0 atom stereocenters.